The van der Waals surface area contributed by atoms with Crippen molar-refractivity contribution in [1.29, 1.82) is 0 Å². The lowest BCUT2D eigenvalue weighted by atomic mass is 10.1. The summed E-state index contributed by atoms with van der Waals surface area (Å²) in [6.45, 7) is 1.37. The third-order valence-electron chi connectivity index (χ3n) is 2.04. The van der Waals surface area contributed by atoms with Crippen LogP contribution in [0.3, 0.4) is 0 Å². The molecule has 0 fully saturated rings. The summed E-state index contributed by atoms with van der Waals surface area (Å²) >= 11 is 0. The molecule has 1 aromatic rings. The molecule has 0 radical (unpaired) electrons. The first kappa shape index (κ1) is 10.3. The number of aromatic amines is 1. The Morgan fingerprint density at radius 2 is 2.21 bits per heavy atom. The molecule has 1 atom stereocenters. The number of aliphatic carboxylic acids is 1. The Balaban J connectivity index is 2.76. The molecule has 0 bridgehead atoms. The highest BCUT2D eigenvalue weighted by molar-refractivity contribution is 6.04. The molecule has 0 aliphatic heterocycles. The Morgan fingerprint density at radius 3 is 2.64 bits per heavy atom. The first-order valence-corrected chi connectivity index (χ1v) is 4.17. The molecule has 1 aromatic heterocycles. The van der Waals surface area contributed by atoms with Gasteiger partial charge in [-0.2, -0.15) is 0 Å². The lowest BCUT2D eigenvalue weighted by Gasteiger charge is -2.17. The van der Waals surface area contributed by atoms with Gasteiger partial charge in [-0.1, -0.05) is 0 Å². The van der Waals surface area contributed by atoms with Crippen molar-refractivity contribution >= 4 is 17.6 Å². The third kappa shape index (κ3) is 1.93. The zero-order valence-electron chi connectivity index (χ0n) is 8.02. The Bertz CT molecular complexity index is 332. The van der Waals surface area contributed by atoms with E-state index in [4.69, 9.17) is 5.11 Å². The molecule has 1 unspecified atom stereocenters. The van der Waals surface area contributed by atoms with Crippen LogP contribution in [0.5, 0.6) is 0 Å². The van der Waals surface area contributed by atoms with Crippen LogP contribution in [0.2, 0.25) is 0 Å². The van der Waals surface area contributed by atoms with Gasteiger partial charge in [0.2, 0.25) is 5.91 Å². The molecule has 0 saturated heterocycles. The minimum absolute atomic E-state index is 0.433. The van der Waals surface area contributed by atoms with Crippen molar-refractivity contribution in [2.24, 2.45) is 5.92 Å². The van der Waals surface area contributed by atoms with Crippen molar-refractivity contribution < 1.29 is 14.7 Å². The van der Waals surface area contributed by atoms with Crippen molar-refractivity contribution in [2.75, 3.05) is 11.9 Å². The summed E-state index contributed by atoms with van der Waals surface area (Å²) in [5.41, 5.74) is 0.656. The SMILES string of the molecule is CC(C(=O)O)C(=O)N(C)c1cc[nH]c1. The number of carbonyl (C=O) groups excluding carboxylic acids is 1. The van der Waals surface area contributed by atoms with Gasteiger partial charge in [-0.25, -0.2) is 0 Å². The zero-order valence-corrected chi connectivity index (χ0v) is 8.02. The Kier molecular flexibility index (Phi) is 2.91. The lowest BCUT2D eigenvalue weighted by molar-refractivity contribution is -0.145. The van der Waals surface area contributed by atoms with Crippen LogP contribution in [0.15, 0.2) is 18.5 Å². The molecule has 0 saturated carbocycles. The maximum atomic E-state index is 11.5. The predicted octanol–water partition coefficient (Wildman–Crippen LogP) is 0.698. The van der Waals surface area contributed by atoms with Gasteiger partial charge in [-0.05, 0) is 13.0 Å². The van der Waals surface area contributed by atoms with Crippen molar-refractivity contribution in [3.8, 4) is 0 Å². The van der Waals surface area contributed by atoms with E-state index in [0.29, 0.717) is 5.69 Å². The fraction of sp³-hybridized carbons (Fsp3) is 0.333. The molecule has 76 valence electrons. The zero-order chi connectivity index (χ0) is 10.7. The van der Waals surface area contributed by atoms with Crippen LogP contribution in [0, 0.1) is 5.92 Å². The fourth-order valence-corrected chi connectivity index (χ4v) is 1.05. The summed E-state index contributed by atoms with van der Waals surface area (Å²) in [6.07, 6.45) is 3.30. The average Bonchev–Trinajstić information content (AvgIpc) is 2.67. The van der Waals surface area contributed by atoms with E-state index in [0.717, 1.165) is 0 Å². The van der Waals surface area contributed by atoms with Gasteiger partial charge in [0, 0.05) is 19.4 Å². The number of hydrogen-bond donors (Lipinski definition) is 2. The second-order valence-corrected chi connectivity index (χ2v) is 3.03. The number of H-pyrrole nitrogens is 1. The molecule has 14 heavy (non-hydrogen) atoms. The van der Waals surface area contributed by atoms with Crippen molar-refractivity contribution in [2.45, 2.75) is 6.92 Å². The topological polar surface area (TPSA) is 73.4 Å². The minimum Gasteiger partial charge on any atom is -0.481 e. The smallest absolute Gasteiger partial charge is 0.315 e. The summed E-state index contributed by atoms with van der Waals surface area (Å²) in [5, 5.41) is 8.64. The lowest BCUT2D eigenvalue weighted by Crippen LogP contribution is -2.35. The van der Waals surface area contributed by atoms with Crippen LogP contribution in [0.4, 0.5) is 5.69 Å². The standard InChI is InChI=1S/C9H12N2O3/c1-6(9(13)14)8(12)11(2)7-3-4-10-5-7/h3-6,10H,1-2H3,(H,13,14). The molecule has 0 aliphatic carbocycles. The number of anilines is 1. The normalized spacial score (nSPS) is 12.1. The molecule has 1 amide bonds. The molecule has 0 spiro atoms. The molecule has 1 rings (SSSR count). The van der Waals surface area contributed by atoms with Crippen LogP contribution in [0.25, 0.3) is 0 Å². The van der Waals surface area contributed by atoms with E-state index in [2.05, 4.69) is 4.98 Å². The summed E-state index contributed by atoms with van der Waals surface area (Å²) < 4.78 is 0. The molecule has 2 N–H and O–H groups in total. The summed E-state index contributed by atoms with van der Waals surface area (Å²) in [7, 11) is 1.55. The highest BCUT2D eigenvalue weighted by Gasteiger charge is 2.24. The van der Waals surface area contributed by atoms with Gasteiger partial charge in [-0.15, -0.1) is 0 Å². The summed E-state index contributed by atoms with van der Waals surface area (Å²) in [4.78, 5) is 26.2. The number of amides is 1. The monoisotopic (exact) mass is 196 g/mol. The molecular weight excluding hydrogens is 184 g/mol. The quantitative estimate of drug-likeness (QED) is 0.699. The maximum absolute atomic E-state index is 11.5. The second kappa shape index (κ2) is 3.95. The van der Waals surface area contributed by atoms with Crippen LogP contribution >= 0.6 is 0 Å². The van der Waals surface area contributed by atoms with E-state index >= 15 is 0 Å². The second-order valence-electron chi connectivity index (χ2n) is 3.03. The summed E-state index contributed by atoms with van der Waals surface area (Å²) in [5.74, 6) is -2.57. The van der Waals surface area contributed by atoms with E-state index < -0.39 is 17.8 Å². The van der Waals surface area contributed by atoms with Crippen LogP contribution in [-0.4, -0.2) is 29.0 Å². The average molecular weight is 196 g/mol. The number of carboxylic acid groups (broad SMARTS) is 1. The van der Waals surface area contributed by atoms with E-state index in [-0.39, 0.29) is 0 Å². The molecule has 0 aliphatic rings. The Labute approximate surface area is 81.3 Å². The molecule has 5 nitrogen and oxygen atoms in total. The van der Waals surface area contributed by atoms with Gasteiger partial charge in [0.15, 0.2) is 0 Å². The van der Waals surface area contributed by atoms with Crippen LogP contribution in [0.1, 0.15) is 6.92 Å². The molecule has 5 heteroatoms. The highest BCUT2D eigenvalue weighted by atomic mass is 16.4. The van der Waals surface area contributed by atoms with Crippen LogP contribution in [-0.2, 0) is 9.59 Å². The van der Waals surface area contributed by atoms with E-state index in [1.165, 1.54) is 11.8 Å². The van der Waals surface area contributed by atoms with E-state index in [1.807, 2.05) is 0 Å². The number of rotatable bonds is 3. The number of nitrogens with one attached hydrogen (secondary N) is 1. The van der Waals surface area contributed by atoms with Gasteiger partial charge in [0.1, 0.15) is 5.92 Å². The van der Waals surface area contributed by atoms with Crippen molar-refractivity contribution in [3.63, 3.8) is 0 Å². The number of nitrogens with zero attached hydrogens (tertiary/aromatic N) is 1. The predicted molar refractivity (Wildman–Crippen MR) is 51.0 cm³/mol. The number of aromatic nitrogens is 1. The van der Waals surface area contributed by atoms with E-state index in [1.54, 1.807) is 25.5 Å². The maximum Gasteiger partial charge on any atom is 0.315 e. The minimum atomic E-state index is -1.11. The first-order valence-electron chi connectivity index (χ1n) is 4.17. The number of carbonyl (C=O) groups is 2. The Hall–Kier alpha value is -1.78. The Morgan fingerprint density at radius 1 is 1.57 bits per heavy atom. The highest BCUT2D eigenvalue weighted by Crippen LogP contribution is 2.13. The number of carboxylic acids is 1. The third-order valence-corrected chi connectivity index (χ3v) is 2.04. The van der Waals surface area contributed by atoms with E-state index in [9.17, 15) is 9.59 Å². The van der Waals surface area contributed by atoms with Gasteiger partial charge in [-0.3, -0.25) is 9.59 Å². The fourth-order valence-electron chi connectivity index (χ4n) is 1.05. The first-order chi connectivity index (χ1) is 6.54. The van der Waals surface area contributed by atoms with Crippen molar-refractivity contribution in [1.82, 2.24) is 4.98 Å². The number of hydrogen-bond acceptors (Lipinski definition) is 2. The molecule has 1 heterocycles. The largest absolute Gasteiger partial charge is 0.481 e. The van der Waals surface area contributed by atoms with Gasteiger partial charge in [0.25, 0.3) is 0 Å². The van der Waals surface area contributed by atoms with Crippen LogP contribution < -0.4 is 4.90 Å². The molecule has 0 aromatic carbocycles. The van der Waals surface area contributed by atoms with Gasteiger partial charge < -0.3 is 15.0 Å². The molecular formula is C9H12N2O3. The summed E-state index contributed by atoms with van der Waals surface area (Å²) in [6, 6.07) is 1.70. The van der Waals surface area contributed by atoms with Crippen molar-refractivity contribution in [3.05, 3.63) is 18.5 Å². The van der Waals surface area contributed by atoms with Gasteiger partial charge >= 0.3 is 5.97 Å². The van der Waals surface area contributed by atoms with Gasteiger partial charge in [0.05, 0.1) is 5.69 Å².